The number of hydrogen-bond donors (Lipinski definition) is 1. The largest absolute Gasteiger partial charge is 0.345 e. The smallest absolute Gasteiger partial charge is 0.220 e. The molecule has 138 valence electrons. The maximum Gasteiger partial charge on any atom is 0.220 e. The molecular weight excluding hydrogens is 322 g/mol. The number of carbonyl (C=O) groups excluding carboxylic acids is 1. The third-order valence-electron chi connectivity index (χ3n) is 5.29. The van der Waals surface area contributed by atoms with Gasteiger partial charge in [0.1, 0.15) is 0 Å². The van der Waals surface area contributed by atoms with Crippen LogP contribution in [0.5, 0.6) is 0 Å². The van der Waals surface area contributed by atoms with Crippen LogP contribution in [0.1, 0.15) is 54.0 Å². The lowest BCUT2D eigenvalue weighted by molar-refractivity contribution is -0.121. The van der Waals surface area contributed by atoms with Crippen LogP contribution >= 0.6 is 0 Å². The molecule has 0 bridgehead atoms. The topological polar surface area (TPSA) is 45.2 Å². The molecule has 4 nitrogen and oxygen atoms in total. The Labute approximate surface area is 156 Å². The summed E-state index contributed by atoms with van der Waals surface area (Å²) in [6.45, 7) is 7.61. The third kappa shape index (κ3) is 4.92. The Kier molecular flexibility index (Phi) is 6.40. The Bertz CT molecular complexity index is 723. The monoisotopic (exact) mass is 351 g/mol. The molecule has 1 N–H and O–H groups in total. The highest BCUT2D eigenvalue weighted by atomic mass is 16.1. The van der Waals surface area contributed by atoms with Gasteiger partial charge in [-0.15, -0.1) is 0 Å². The maximum absolute atomic E-state index is 12.6. The molecule has 0 spiro atoms. The molecule has 1 amide bonds. The van der Waals surface area contributed by atoms with Gasteiger partial charge in [-0.1, -0.05) is 18.2 Å². The van der Waals surface area contributed by atoms with E-state index in [-0.39, 0.29) is 11.9 Å². The number of aromatic nitrogens is 1. The molecule has 26 heavy (non-hydrogen) atoms. The van der Waals surface area contributed by atoms with E-state index in [9.17, 15) is 4.79 Å². The normalized spacial score (nSPS) is 15.8. The molecule has 0 radical (unpaired) electrons. The van der Waals surface area contributed by atoms with E-state index in [4.69, 9.17) is 0 Å². The second kappa shape index (κ2) is 8.95. The zero-order valence-electron chi connectivity index (χ0n) is 15.9. The summed E-state index contributed by atoms with van der Waals surface area (Å²) in [7, 11) is 0. The first-order chi connectivity index (χ1) is 12.6. The van der Waals surface area contributed by atoms with Gasteiger partial charge in [-0.05, 0) is 87.1 Å². The molecular formula is C22H29N3O. The van der Waals surface area contributed by atoms with Gasteiger partial charge in [0.2, 0.25) is 5.91 Å². The third-order valence-corrected chi connectivity index (χ3v) is 5.29. The summed E-state index contributed by atoms with van der Waals surface area (Å²) >= 11 is 0. The molecule has 1 atom stereocenters. The van der Waals surface area contributed by atoms with Crippen molar-refractivity contribution >= 4 is 5.91 Å². The van der Waals surface area contributed by atoms with Crippen molar-refractivity contribution in [2.24, 2.45) is 0 Å². The first-order valence-electron chi connectivity index (χ1n) is 9.62. The minimum Gasteiger partial charge on any atom is -0.345 e. The zero-order valence-corrected chi connectivity index (χ0v) is 15.9. The molecule has 1 aliphatic rings. The van der Waals surface area contributed by atoms with Gasteiger partial charge in [0.25, 0.3) is 0 Å². The summed E-state index contributed by atoms with van der Waals surface area (Å²) in [4.78, 5) is 19.1. The molecule has 2 heterocycles. The van der Waals surface area contributed by atoms with Crippen LogP contribution in [0, 0.1) is 13.8 Å². The van der Waals surface area contributed by atoms with Crippen molar-refractivity contribution in [1.82, 2.24) is 15.2 Å². The van der Waals surface area contributed by atoms with Crippen molar-refractivity contribution in [2.45, 2.75) is 45.6 Å². The average molecular weight is 351 g/mol. The van der Waals surface area contributed by atoms with E-state index in [1.807, 2.05) is 12.1 Å². The van der Waals surface area contributed by atoms with Crippen molar-refractivity contribution in [1.29, 1.82) is 0 Å². The van der Waals surface area contributed by atoms with Crippen LogP contribution < -0.4 is 5.32 Å². The Morgan fingerprint density at radius 2 is 1.81 bits per heavy atom. The maximum atomic E-state index is 12.6. The molecule has 1 saturated heterocycles. The highest BCUT2D eigenvalue weighted by molar-refractivity contribution is 5.77. The van der Waals surface area contributed by atoms with Crippen LogP contribution in [0.4, 0.5) is 0 Å². The number of nitrogens with zero attached hydrogens (tertiary/aromatic N) is 2. The fourth-order valence-electron chi connectivity index (χ4n) is 3.56. The summed E-state index contributed by atoms with van der Waals surface area (Å²) in [5.41, 5.74) is 4.69. The van der Waals surface area contributed by atoms with Gasteiger partial charge < -0.3 is 10.2 Å². The van der Waals surface area contributed by atoms with Gasteiger partial charge in [-0.2, -0.15) is 0 Å². The minimum atomic E-state index is -0.128. The van der Waals surface area contributed by atoms with Crippen molar-refractivity contribution in [3.05, 3.63) is 65.0 Å². The lowest BCUT2D eigenvalue weighted by Gasteiger charge is -2.21. The number of rotatable bonds is 7. The van der Waals surface area contributed by atoms with Crippen molar-refractivity contribution in [3.8, 4) is 0 Å². The molecule has 1 unspecified atom stereocenters. The highest BCUT2D eigenvalue weighted by Gasteiger charge is 2.18. The van der Waals surface area contributed by atoms with Crippen LogP contribution in [0.15, 0.2) is 42.7 Å². The van der Waals surface area contributed by atoms with Crippen LogP contribution in [0.2, 0.25) is 0 Å². The van der Waals surface area contributed by atoms with Gasteiger partial charge in [0.05, 0.1) is 6.04 Å². The number of aryl methyl sites for hydroxylation is 2. The van der Waals surface area contributed by atoms with Crippen molar-refractivity contribution in [2.75, 3.05) is 19.6 Å². The van der Waals surface area contributed by atoms with Crippen molar-refractivity contribution in [3.63, 3.8) is 0 Å². The van der Waals surface area contributed by atoms with Gasteiger partial charge in [-0.3, -0.25) is 9.78 Å². The summed E-state index contributed by atoms with van der Waals surface area (Å²) in [5.74, 6) is 0.115. The number of likely N-dealkylation sites (tertiary alicyclic amines) is 1. The fraction of sp³-hybridized carbons (Fsp3) is 0.455. The number of carbonyl (C=O) groups is 1. The van der Waals surface area contributed by atoms with Crippen LogP contribution in [-0.2, 0) is 4.79 Å². The predicted octanol–water partition coefficient (Wildman–Crippen LogP) is 3.78. The molecule has 0 aliphatic carbocycles. The number of amides is 1. The fourth-order valence-corrected chi connectivity index (χ4v) is 3.56. The highest BCUT2D eigenvalue weighted by Crippen LogP contribution is 2.24. The van der Waals surface area contributed by atoms with Crippen LogP contribution in [0.3, 0.4) is 0 Å². The molecule has 2 aromatic rings. The van der Waals surface area contributed by atoms with E-state index < -0.39 is 0 Å². The molecule has 0 saturated carbocycles. The molecule has 1 aromatic heterocycles. The summed E-state index contributed by atoms with van der Waals surface area (Å²) in [6, 6.07) is 10.2. The van der Waals surface area contributed by atoms with E-state index in [0.717, 1.165) is 24.1 Å². The Hall–Kier alpha value is -2.20. The van der Waals surface area contributed by atoms with E-state index in [1.54, 1.807) is 12.4 Å². The standard InChI is InChI=1S/C22H29N3O/c1-17-7-8-20(16-18(17)2)22(19-9-11-23-12-10-19)24-21(26)6-5-15-25-13-3-4-14-25/h7-12,16,22H,3-6,13-15H2,1-2H3,(H,24,26). The number of nitrogens with one attached hydrogen (secondary N) is 1. The Morgan fingerprint density at radius 1 is 1.08 bits per heavy atom. The van der Waals surface area contributed by atoms with E-state index in [0.29, 0.717) is 6.42 Å². The van der Waals surface area contributed by atoms with Crippen LogP contribution in [-0.4, -0.2) is 35.4 Å². The molecule has 1 aromatic carbocycles. The Balaban J connectivity index is 1.67. The van der Waals surface area contributed by atoms with E-state index in [2.05, 4.69) is 47.2 Å². The van der Waals surface area contributed by atoms with Gasteiger partial charge in [-0.25, -0.2) is 0 Å². The van der Waals surface area contributed by atoms with Gasteiger partial charge >= 0.3 is 0 Å². The van der Waals surface area contributed by atoms with E-state index >= 15 is 0 Å². The molecule has 1 aliphatic heterocycles. The molecule has 4 heteroatoms. The quantitative estimate of drug-likeness (QED) is 0.826. The van der Waals surface area contributed by atoms with Gasteiger partial charge in [0, 0.05) is 18.8 Å². The number of pyridine rings is 1. The van der Waals surface area contributed by atoms with Crippen LogP contribution in [0.25, 0.3) is 0 Å². The zero-order chi connectivity index (χ0) is 18.4. The summed E-state index contributed by atoms with van der Waals surface area (Å²) in [5, 5.41) is 3.24. The molecule has 1 fully saturated rings. The average Bonchev–Trinajstić information content (AvgIpc) is 3.16. The lowest BCUT2D eigenvalue weighted by Crippen LogP contribution is -2.30. The number of hydrogen-bond acceptors (Lipinski definition) is 3. The SMILES string of the molecule is Cc1ccc(C(NC(=O)CCCN2CCCC2)c2ccncc2)cc1C. The number of benzene rings is 1. The first-order valence-corrected chi connectivity index (χ1v) is 9.62. The second-order valence-electron chi connectivity index (χ2n) is 7.28. The minimum absolute atomic E-state index is 0.115. The second-order valence-corrected chi connectivity index (χ2v) is 7.28. The lowest BCUT2D eigenvalue weighted by atomic mass is 9.96. The first kappa shape index (κ1) is 18.6. The predicted molar refractivity (Wildman–Crippen MR) is 105 cm³/mol. The van der Waals surface area contributed by atoms with Gasteiger partial charge in [0.15, 0.2) is 0 Å². The Morgan fingerprint density at radius 3 is 2.50 bits per heavy atom. The van der Waals surface area contributed by atoms with E-state index in [1.165, 1.54) is 37.1 Å². The van der Waals surface area contributed by atoms with Crippen molar-refractivity contribution < 1.29 is 4.79 Å². The summed E-state index contributed by atoms with van der Waals surface area (Å²) < 4.78 is 0. The summed E-state index contributed by atoms with van der Waals surface area (Å²) in [6.07, 6.45) is 7.64. The molecule has 3 rings (SSSR count).